The SMILES string of the molecule is CCCCC[NH+](CCCCC)CC(=O)Nc1cc([NH+](C)C)nc2ccccc12. The first kappa shape index (κ1) is 22.3. The molecule has 2 aromatic rings. The molecule has 0 bridgehead atoms. The van der Waals surface area contributed by atoms with Crippen molar-refractivity contribution in [1.82, 2.24) is 4.98 Å². The van der Waals surface area contributed by atoms with E-state index in [0.29, 0.717) is 6.54 Å². The third-order valence-corrected chi connectivity index (χ3v) is 5.18. The van der Waals surface area contributed by atoms with Gasteiger partial charge in [0.05, 0.1) is 38.4 Å². The number of hydrogen-bond donors (Lipinski definition) is 3. The number of unbranched alkanes of at least 4 members (excludes halogenated alkanes) is 4. The molecule has 0 saturated carbocycles. The first-order chi connectivity index (χ1) is 13.5. The number of pyridine rings is 1. The highest BCUT2D eigenvalue weighted by molar-refractivity contribution is 6.01. The van der Waals surface area contributed by atoms with Gasteiger partial charge < -0.3 is 10.2 Å². The smallest absolute Gasteiger partial charge is 0.279 e. The molecule has 5 heteroatoms. The molecule has 28 heavy (non-hydrogen) atoms. The molecule has 0 aliphatic rings. The van der Waals surface area contributed by atoms with Crippen LogP contribution in [0.1, 0.15) is 52.4 Å². The number of fused-ring (bicyclic) bond motifs is 1. The highest BCUT2D eigenvalue weighted by Gasteiger charge is 2.17. The van der Waals surface area contributed by atoms with E-state index >= 15 is 0 Å². The molecule has 3 N–H and O–H groups in total. The molecule has 1 aromatic carbocycles. The third kappa shape index (κ3) is 6.88. The van der Waals surface area contributed by atoms with Gasteiger partial charge in [-0.2, -0.15) is 4.98 Å². The lowest BCUT2D eigenvalue weighted by Gasteiger charge is -2.19. The molecule has 0 aliphatic carbocycles. The molecule has 1 aromatic heterocycles. The number of rotatable bonds is 12. The molecule has 1 heterocycles. The first-order valence-corrected chi connectivity index (χ1v) is 10.9. The zero-order valence-corrected chi connectivity index (χ0v) is 18.1. The van der Waals surface area contributed by atoms with Crippen molar-refractivity contribution < 1.29 is 14.6 Å². The van der Waals surface area contributed by atoms with Gasteiger partial charge in [-0.3, -0.25) is 9.69 Å². The molecule has 0 spiro atoms. The summed E-state index contributed by atoms with van der Waals surface area (Å²) in [6, 6.07) is 10.0. The van der Waals surface area contributed by atoms with Gasteiger partial charge in [0.2, 0.25) is 5.82 Å². The van der Waals surface area contributed by atoms with E-state index in [1.165, 1.54) is 43.4 Å². The zero-order chi connectivity index (χ0) is 20.4. The van der Waals surface area contributed by atoms with Gasteiger partial charge >= 0.3 is 0 Å². The number of anilines is 1. The Morgan fingerprint density at radius 2 is 1.64 bits per heavy atom. The first-order valence-electron chi connectivity index (χ1n) is 10.9. The monoisotopic (exact) mass is 386 g/mol. The summed E-state index contributed by atoms with van der Waals surface area (Å²) >= 11 is 0. The van der Waals surface area contributed by atoms with Crippen LogP contribution in [0.25, 0.3) is 10.9 Å². The van der Waals surface area contributed by atoms with Crippen molar-refractivity contribution in [2.24, 2.45) is 0 Å². The van der Waals surface area contributed by atoms with E-state index in [1.54, 1.807) is 0 Å². The number of quaternary nitrogens is 2. The molecule has 0 aliphatic heterocycles. The lowest BCUT2D eigenvalue weighted by atomic mass is 10.1. The van der Waals surface area contributed by atoms with Gasteiger partial charge in [-0.05, 0) is 31.7 Å². The average Bonchev–Trinajstić information content (AvgIpc) is 2.68. The van der Waals surface area contributed by atoms with Crippen LogP contribution in [-0.4, -0.2) is 44.6 Å². The van der Waals surface area contributed by atoms with Crippen LogP contribution < -0.4 is 15.1 Å². The second-order valence-corrected chi connectivity index (χ2v) is 7.96. The van der Waals surface area contributed by atoms with Crippen LogP contribution >= 0.6 is 0 Å². The number of carbonyl (C=O) groups is 1. The molecule has 0 atom stereocenters. The van der Waals surface area contributed by atoms with E-state index in [4.69, 9.17) is 4.98 Å². The predicted molar refractivity (Wildman–Crippen MR) is 117 cm³/mol. The van der Waals surface area contributed by atoms with Gasteiger partial charge in [0.15, 0.2) is 6.54 Å². The largest absolute Gasteiger partial charge is 0.327 e. The van der Waals surface area contributed by atoms with Gasteiger partial charge in [-0.1, -0.05) is 44.9 Å². The van der Waals surface area contributed by atoms with E-state index in [2.05, 4.69) is 33.3 Å². The normalized spacial score (nSPS) is 11.5. The third-order valence-electron chi connectivity index (χ3n) is 5.18. The van der Waals surface area contributed by atoms with Gasteiger partial charge in [-0.25, -0.2) is 0 Å². The standard InChI is InChI=1S/C23H36N4O/c1-5-7-11-15-27(16-12-8-6-2)18-23(28)25-21-17-22(26(3)4)24-20-14-10-9-13-19(20)21/h9-10,13-14,17H,5-8,11-12,15-16,18H2,1-4H3,(H,24,25,28)/p+2. The Morgan fingerprint density at radius 3 is 2.25 bits per heavy atom. The molecule has 5 nitrogen and oxygen atoms in total. The number of carbonyl (C=O) groups excluding carboxylic acids is 1. The van der Waals surface area contributed by atoms with E-state index in [-0.39, 0.29) is 5.91 Å². The Labute approximate surface area is 170 Å². The van der Waals surface area contributed by atoms with Crippen molar-refractivity contribution in [1.29, 1.82) is 0 Å². The maximum atomic E-state index is 12.9. The summed E-state index contributed by atoms with van der Waals surface area (Å²) in [6.07, 6.45) is 7.29. The van der Waals surface area contributed by atoms with Crippen LogP contribution in [0.2, 0.25) is 0 Å². The Balaban J connectivity index is 2.10. The van der Waals surface area contributed by atoms with Crippen molar-refractivity contribution in [2.75, 3.05) is 39.0 Å². The molecule has 0 fully saturated rings. The van der Waals surface area contributed by atoms with Crippen molar-refractivity contribution >= 4 is 28.3 Å². The molecule has 0 saturated heterocycles. The van der Waals surface area contributed by atoms with E-state index in [0.717, 1.165) is 40.4 Å². The number of aromatic nitrogens is 1. The summed E-state index contributed by atoms with van der Waals surface area (Å²) in [6.45, 7) is 7.14. The minimum atomic E-state index is 0.0963. The highest BCUT2D eigenvalue weighted by Crippen LogP contribution is 2.23. The number of hydrogen-bond acceptors (Lipinski definition) is 2. The fourth-order valence-corrected chi connectivity index (χ4v) is 3.51. The second-order valence-electron chi connectivity index (χ2n) is 7.96. The number of para-hydroxylation sites is 1. The number of nitrogens with one attached hydrogen (secondary N) is 3. The van der Waals surface area contributed by atoms with Crippen molar-refractivity contribution in [3.05, 3.63) is 30.3 Å². The highest BCUT2D eigenvalue weighted by atomic mass is 16.2. The Kier molecular flexibility index (Phi) is 9.38. The topological polar surface area (TPSA) is 50.9 Å². The molecule has 0 unspecified atom stereocenters. The lowest BCUT2D eigenvalue weighted by Crippen LogP contribution is -3.13. The minimum absolute atomic E-state index is 0.0963. The quantitative estimate of drug-likeness (QED) is 0.490. The molecular weight excluding hydrogens is 348 g/mol. The second kappa shape index (κ2) is 11.8. The summed E-state index contributed by atoms with van der Waals surface area (Å²) < 4.78 is 0. The summed E-state index contributed by atoms with van der Waals surface area (Å²) in [7, 11) is 4.10. The summed E-state index contributed by atoms with van der Waals surface area (Å²) in [4.78, 5) is 20.1. The Bertz CT molecular complexity index is 734. The summed E-state index contributed by atoms with van der Waals surface area (Å²) in [5, 5.41) is 4.18. The summed E-state index contributed by atoms with van der Waals surface area (Å²) in [5.41, 5.74) is 1.79. The van der Waals surface area contributed by atoms with Gasteiger partial charge in [0.1, 0.15) is 0 Å². The molecule has 154 valence electrons. The number of amides is 1. The average molecular weight is 387 g/mol. The van der Waals surface area contributed by atoms with E-state index in [9.17, 15) is 4.79 Å². The van der Waals surface area contributed by atoms with Gasteiger partial charge in [-0.15, -0.1) is 0 Å². The van der Waals surface area contributed by atoms with E-state index < -0.39 is 0 Å². The molecule has 2 rings (SSSR count). The van der Waals surface area contributed by atoms with Crippen LogP contribution in [0.4, 0.5) is 11.5 Å². The van der Waals surface area contributed by atoms with Gasteiger partial charge in [0.25, 0.3) is 5.91 Å². The Morgan fingerprint density at radius 1 is 1.00 bits per heavy atom. The van der Waals surface area contributed by atoms with Crippen LogP contribution in [0, 0.1) is 0 Å². The zero-order valence-electron chi connectivity index (χ0n) is 18.1. The number of benzene rings is 1. The maximum absolute atomic E-state index is 12.9. The molecule has 0 radical (unpaired) electrons. The number of nitrogens with zero attached hydrogens (tertiary/aromatic N) is 1. The van der Waals surface area contributed by atoms with Crippen LogP contribution in [0.5, 0.6) is 0 Å². The lowest BCUT2D eigenvalue weighted by molar-refractivity contribution is -0.892. The fraction of sp³-hybridized carbons (Fsp3) is 0.565. The molecule has 1 amide bonds. The van der Waals surface area contributed by atoms with Crippen molar-refractivity contribution in [2.45, 2.75) is 52.4 Å². The van der Waals surface area contributed by atoms with Gasteiger partial charge in [0, 0.05) is 11.5 Å². The molecular formula is C23H38N4O+2. The predicted octanol–water partition coefficient (Wildman–Crippen LogP) is 2.21. The Hall–Kier alpha value is -1.98. The van der Waals surface area contributed by atoms with Crippen LogP contribution in [0.15, 0.2) is 30.3 Å². The van der Waals surface area contributed by atoms with Crippen LogP contribution in [0.3, 0.4) is 0 Å². The maximum Gasteiger partial charge on any atom is 0.279 e. The fourth-order valence-electron chi connectivity index (χ4n) is 3.51. The van der Waals surface area contributed by atoms with Crippen LogP contribution in [-0.2, 0) is 4.79 Å². The minimum Gasteiger partial charge on any atom is -0.327 e. The van der Waals surface area contributed by atoms with E-state index in [1.807, 2.05) is 30.3 Å². The summed E-state index contributed by atoms with van der Waals surface area (Å²) in [5.74, 6) is 1.03. The van der Waals surface area contributed by atoms with Crippen molar-refractivity contribution in [3.63, 3.8) is 0 Å². The van der Waals surface area contributed by atoms with Crippen molar-refractivity contribution in [3.8, 4) is 0 Å².